The molecule has 3 heterocycles. The molecule has 0 aliphatic carbocycles. The summed E-state index contributed by atoms with van der Waals surface area (Å²) < 4.78 is 2.18. The molecule has 0 radical (unpaired) electrons. The first-order valence-electron chi connectivity index (χ1n) is 10.7. The Kier molecular flexibility index (Phi) is 9.44. The van der Waals surface area contributed by atoms with Crippen molar-refractivity contribution in [2.45, 2.75) is 0 Å². The van der Waals surface area contributed by atoms with Crippen molar-refractivity contribution in [2.24, 2.45) is 0 Å². The first kappa shape index (κ1) is 28.2. The van der Waals surface area contributed by atoms with Crippen LogP contribution in [0.4, 0.5) is 0 Å². The molecule has 7 nitrogen and oxygen atoms in total. The molecule has 0 spiro atoms. The van der Waals surface area contributed by atoms with Crippen LogP contribution in [0.3, 0.4) is 0 Å². The number of fused-ring (bicyclic) bond motifs is 3. The molecule has 0 saturated heterocycles. The molecule has 0 aliphatic heterocycles. The predicted octanol–water partition coefficient (Wildman–Crippen LogP) is -0.951. The van der Waals surface area contributed by atoms with E-state index in [1.54, 1.807) is 12.4 Å². The van der Waals surface area contributed by atoms with E-state index >= 15 is 0 Å². The van der Waals surface area contributed by atoms with Crippen LogP contribution in [-0.2, 0) is 0 Å². The quantitative estimate of drug-likeness (QED) is 0.237. The fraction of sp³-hybridized carbons (Fsp3) is 0. The molecule has 9 heteroatoms. The third-order valence-electron chi connectivity index (χ3n) is 5.79. The molecular formula is C28H13N7Rb2. The molecule has 6 aromatic rings. The van der Waals surface area contributed by atoms with E-state index in [0.717, 1.165) is 44.2 Å². The van der Waals surface area contributed by atoms with Crippen LogP contribution in [-0.4, -0.2) is 24.5 Å². The Balaban J connectivity index is 0.00000160. The second-order valence-electron chi connectivity index (χ2n) is 7.77. The van der Waals surface area contributed by atoms with E-state index in [1.165, 1.54) is 12.4 Å². The van der Waals surface area contributed by atoms with E-state index in [0.29, 0.717) is 11.4 Å². The Morgan fingerprint density at radius 1 is 0.703 bits per heavy atom. The molecule has 0 fully saturated rings. The Morgan fingerprint density at radius 3 is 1.89 bits per heavy atom. The van der Waals surface area contributed by atoms with Gasteiger partial charge in [0.25, 0.3) is 0 Å². The summed E-state index contributed by atoms with van der Waals surface area (Å²) in [5, 5.41) is 20.4. The van der Waals surface area contributed by atoms with Crippen molar-refractivity contribution < 1.29 is 116 Å². The summed E-state index contributed by atoms with van der Waals surface area (Å²) in [5.74, 6) is 0.600. The molecule has 37 heavy (non-hydrogen) atoms. The minimum atomic E-state index is 0. The van der Waals surface area contributed by atoms with Crippen LogP contribution in [0.15, 0.2) is 79.4 Å². The number of aromatic nitrogens is 5. The second-order valence-corrected chi connectivity index (χ2v) is 7.77. The normalized spacial score (nSPS) is 10.2. The molecule has 0 N–H and O–H groups in total. The van der Waals surface area contributed by atoms with Crippen molar-refractivity contribution in [1.82, 2.24) is 24.5 Å². The van der Waals surface area contributed by atoms with Gasteiger partial charge in [-0.05, 0) is 18.2 Å². The Hall–Kier alpha value is -1.79. The number of nitriles is 2. The van der Waals surface area contributed by atoms with Crippen molar-refractivity contribution in [2.75, 3.05) is 0 Å². The maximum absolute atomic E-state index is 9.15. The van der Waals surface area contributed by atoms with Crippen molar-refractivity contribution in [3.8, 4) is 40.3 Å². The number of hydrogen-bond acceptors (Lipinski definition) is 6. The molecule has 0 atom stereocenters. The average molecular weight is 618 g/mol. The number of nitrogens with zero attached hydrogens (tertiary/aromatic N) is 7. The van der Waals surface area contributed by atoms with E-state index < -0.39 is 0 Å². The third-order valence-corrected chi connectivity index (χ3v) is 5.79. The maximum Gasteiger partial charge on any atom is 1.00 e. The van der Waals surface area contributed by atoms with Gasteiger partial charge in [-0.25, -0.2) is 19.9 Å². The van der Waals surface area contributed by atoms with E-state index in [4.69, 9.17) is 10.5 Å². The van der Waals surface area contributed by atoms with Crippen LogP contribution >= 0.6 is 0 Å². The average Bonchev–Trinajstić information content (AvgIpc) is 3.27. The third kappa shape index (κ3) is 5.38. The van der Waals surface area contributed by atoms with Crippen LogP contribution < -0.4 is 116 Å². The summed E-state index contributed by atoms with van der Waals surface area (Å²) in [6, 6.07) is 28.1. The number of hydrogen-bond donors (Lipinski definition) is 0. The van der Waals surface area contributed by atoms with Gasteiger partial charge in [0, 0.05) is 47.2 Å². The predicted molar refractivity (Wildman–Crippen MR) is 130 cm³/mol. The molecule has 162 valence electrons. The van der Waals surface area contributed by atoms with Gasteiger partial charge in [-0.1, -0.05) is 11.0 Å². The fourth-order valence-corrected chi connectivity index (χ4v) is 4.22. The zero-order valence-electron chi connectivity index (χ0n) is 20.1. The van der Waals surface area contributed by atoms with E-state index in [9.17, 15) is 0 Å². The minimum absolute atomic E-state index is 0. The molecule has 0 aliphatic rings. The van der Waals surface area contributed by atoms with Gasteiger partial charge in [-0.2, -0.15) is 57.7 Å². The van der Waals surface area contributed by atoms with Crippen LogP contribution in [0, 0.1) is 34.8 Å². The molecule has 6 rings (SSSR count). The van der Waals surface area contributed by atoms with Crippen molar-refractivity contribution in [3.63, 3.8) is 0 Å². The summed E-state index contributed by atoms with van der Waals surface area (Å²) in [6.07, 6.45) is 6.29. The molecule has 3 aromatic heterocycles. The zero-order chi connectivity index (χ0) is 23.8. The number of benzene rings is 3. The minimum Gasteiger partial charge on any atom is -0.358 e. The van der Waals surface area contributed by atoms with Gasteiger partial charge in [0.05, 0.1) is 5.56 Å². The summed E-state index contributed by atoms with van der Waals surface area (Å²) in [5.41, 5.74) is 5.72. The summed E-state index contributed by atoms with van der Waals surface area (Å²) in [6.45, 7) is 0. The summed E-state index contributed by atoms with van der Waals surface area (Å²) in [7, 11) is 0. The Bertz CT molecular complexity index is 1760. The van der Waals surface area contributed by atoms with E-state index in [2.05, 4.69) is 36.6 Å². The smallest absolute Gasteiger partial charge is 0.358 e. The van der Waals surface area contributed by atoms with Crippen LogP contribution in [0.25, 0.3) is 50.0 Å². The first-order valence-corrected chi connectivity index (χ1v) is 10.7. The molecule has 3 aromatic carbocycles. The van der Waals surface area contributed by atoms with Crippen LogP contribution in [0.5, 0.6) is 0 Å². The number of rotatable bonds is 3. The summed E-state index contributed by atoms with van der Waals surface area (Å²) in [4.78, 5) is 17.1. The standard InChI is InChI=1S/C28H13N7.2Rb/c29-12-18-14-33-28(34-15-18)19-9-10-26(23(11-19)20-16-31-27(13-30)32-17-20)35-24-7-3-1-5-21(24)22-6-2-4-8-25(22)35;;/h3-11,14-17H;;/q-2;2*+1. The van der Waals surface area contributed by atoms with Gasteiger partial charge in [-0.15, -0.1) is 12.1 Å². The van der Waals surface area contributed by atoms with Gasteiger partial charge in [0.15, 0.2) is 5.82 Å². The fourth-order valence-electron chi connectivity index (χ4n) is 4.22. The SMILES string of the molecule is N#Cc1cnc(-c2ccc(-n3c4cc[c-]cc4c4c[c-]ccc43)c(-c3cnc(C#N)nc3)c2)nc1.[Rb+].[Rb+]. The monoisotopic (exact) mass is 617 g/mol. The topological polar surface area (TPSA) is 104 Å². The van der Waals surface area contributed by atoms with Gasteiger partial charge in [0.1, 0.15) is 12.1 Å². The Labute approximate surface area is 310 Å². The second kappa shape index (κ2) is 12.4. The molecular weight excluding hydrogens is 605 g/mol. The molecule has 0 bridgehead atoms. The first-order chi connectivity index (χ1) is 17.3. The van der Waals surface area contributed by atoms with Gasteiger partial charge in [-0.3, -0.25) is 0 Å². The van der Waals surface area contributed by atoms with Gasteiger partial charge in [0.2, 0.25) is 5.82 Å². The maximum atomic E-state index is 9.15. The van der Waals surface area contributed by atoms with Crippen molar-refractivity contribution in [3.05, 3.63) is 103 Å². The van der Waals surface area contributed by atoms with Crippen molar-refractivity contribution in [1.29, 1.82) is 10.5 Å². The molecule has 0 saturated carbocycles. The van der Waals surface area contributed by atoms with E-state index in [1.807, 2.05) is 66.7 Å². The zero-order valence-corrected chi connectivity index (χ0v) is 30.0. The largest absolute Gasteiger partial charge is 1.00 e. The van der Waals surface area contributed by atoms with Gasteiger partial charge < -0.3 is 4.57 Å². The molecule has 0 unspecified atom stereocenters. The summed E-state index contributed by atoms with van der Waals surface area (Å²) >= 11 is 0. The molecule has 0 amide bonds. The van der Waals surface area contributed by atoms with Crippen molar-refractivity contribution >= 4 is 21.8 Å². The van der Waals surface area contributed by atoms with Crippen LogP contribution in [0.1, 0.15) is 11.4 Å². The van der Waals surface area contributed by atoms with Gasteiger partial charge >= 0.3 is 116 Å². The Morgan fingerprint density at radius 2 is 1.32 bits per heavy atom. The van der Waals surface area contributed by atoms with Crippen LogP contribution in [0.2, 0.25) is 0 Å². The van der Waals surface area contributed by atoms with E-state index in [-0.39, 0.29) is 122 Å².